The standard InChI is InChI=1S/C24H31N5OS/c1-18(2)17-29(15-12-23(30)26-14-11-21-6-4-5-13-25-21)24-27-22(28-31-24)16-20-9-7-19(3)8-10-20/h4-10,13,18H,11-12,14-17H2,1-3H3,(H,26,30). The van der Waals surface area contributed by atoms with Crippen LogP contribution >= 0.6 is 11.5 Å². The SMILES string of the molecule is Cc1ccc(Cc2nsc(N(CCC(=O)NCCc3ccccn3)CC(C)C)n2)cc1. The second kappa shape index (κ2) is 11.6. The van der Waals surface area contributed by atoms with E-state index in [9.17, 15) is 4.79 Å². The number of carbonyl (C=O) groups is 1. The minimum atomic E-state index is 0.0501. The highest BCUT2D eigenvalue weighted by molar-refractivity contribution is 7.09. The third kappa shape index (κ3) is 7.75. The van der Waals surface area contributed by atoms with Gasteiger partial charge in [-0.2, -0.15) is 4.37 Å². The Labute approximate surface area is 188 Å². The zero-order valence-electron chi connectivity index (χ0n) is 18.5. The Kier molecular flexibility index (Phi) is 8.53. The summed E-state index contributed by atoms with van der Waals surface area (Å²) >= 11 is 1.41. The normalized spacial score (nSPS) is 11.0. The van der Waals surface area contributed by atoms with E-state index in [2.05, 4.69) is 64.6 Å². The van der Waals surface area contributed by atoms with Crippen molar-refractivity contribution in [1.29, 1.82) is 0 Å². The first-order valence-corrected chi connectivity index (χ1v) is 11.6. The molecule has 0 atom stereocenters. The molecule has 2 heterocycles. The van der Waals surface area contributed by atoms with Crippen molar-refractivity contribution in [3.63, 3.8) is 0 Å². The Hall–Kier alpha value is -2.80. The fourth-order valence-corrected chi connectivity index (χ4v) is 3.96. The number of carbonyl (C=O) groups excluding carboxylic acids is 1. The lowest BCUT2D eigenvalue weighted by atomic mass is 10.1. The van der Waals surface area contributed by atoms with E-state index < -0.39 is 0 Å². The molecule has 0 bridgehead atoms. The van der Waals surface area contributed by atoms with Crippen LogP contribution in [0.3, 0.4) is 0 Å². The van der Waals surface area contributed by atoms with E-state index in [0.717, 1.165) is 36.0 Å². The van der Waals surface area contributed by atoms with Crippen molar-refractivity contribution in [2.75, 3.05) is 24.5 Å². The first kappa shape index (κ1) is 22.9. The third-order valence-electron chi connectivity index (χ3n) is 4.83. The molecular formula is C24H31N5OS. The molecule has 0 fully saturated rings. The lowest BCUT2D eigenvalue weighted by Crippen LogP contribution is -2.33. The minimum absolute atomic E-state index is 0.0501. The van der Waals surface area contributed by atoms with Gasteiger partial charge in [0.25, 0.3) is 0 Å². The Morgan fingerprint density at radius 1 is 1.16 bits per heavy atom. The Morgan fingerprint density at radius 3 is 2.68 bits per heavy atom. The second-order valence-electron chi connectivity index (χ2n) is 8.17. The zero-order chi connectivity index (χ0) is 22.1. The molecule has 0 spiro atoms. The molecule has 0 saturated carbocycles. The van der Waals surface area contributed by atoms with Gasteiger partial charge in [0, 0.05) is 62.3 Å². The van der Waals surface area contributed by atoms with Crippen LogP contribution in [0.1, 0.15) is 42.9 Å². The maximum absolute atomic E-state index is 12.3. The highest BCUT2D eigenvalue weighted by atomic mass is 32.1. The van der Waals surface area contributed by atoms with E-state index in [1.165, 1.54) is 22.7 Å². The number of nitrogens with one attached hydrogen (secondary N) is 1. The summed E-state index contributed by atoms with van der Waals surface area (Å²) in [6.45, 7) is 8.51. The maximum Gasteiger partial charge on any atom is 0.221 e. The summed E-state index contributed by atoms with van der Waals surface area (Å²) in [5.41, 5.74) is 3.44. The van der Waals surface area contributed by atoms with E-state index in [4.69, 9.17) is 4.98 Å². The van der Waals surface area contributed by atoms with Gasteiger partial charge < -0.3 is 10.2 Å². The first-order chi connectivity index (χ1) is 15.0. The van der Waals surface area contributed by atoms with Crippen molar-refractivity contribution >= 4 is 22.6 Å². The van der Waals surface area contributed by atoms with Crippen LogP contribution in [0.25, 0.3) is 0 Å². The molecule has 1 aromatic carbocycles. The zero-order valence-corrected chi connectivity index (χ0v) is 19.4. The number of aromatic nitrogens is 3. The third-order valence-corrected chi connectivity index (χ3v) is 5.65. The number of nitrogens with zero attached hydrogens (tertiary/aromatic N) is 4. The topological polar surface area (TPSA) is 71.0 Å². The molecule has 2 aromatic heterocycles. The largest absolute Gasteiger partial charge is 0.356 e. The van der Waals surface area contributed by atoms with E-state index in [0.29, 0.717) is 25.4 Å². The second-order valence-corrected chi connectivity index (χ2v) is 8.90. The van der Waals surface area contributed by atoms with Crippen LogP contribution in [0, 0.1) is 12.8 Å². The average Bonchev–Trinajstić information content (AvgIpc) is 3.22. The number of hydrogen-bond acceptors (Lipinski definition) is 6. The predicted molar refractivity (Wildman–Crippen MR) is 127 cm³/mol. The average molecular weight is 438 g/mol. The molecule has 164 valence electrons. The maximum atomic E-state index is 12.3. The number of benzene rings is 1. The van der Waals surface area contributed by atoms with Gasteiger partial charge in [-0.3, -0.25) is 9.78 Å². The Bertz CT molecular complexity index is 940. The van der Waals surface area contributed by atoms with E-state index >= 15 is 0 Å². The highest BCUT2D eigenvalue weighted by Gasteiger charge is 2.16. The molecule has 6 nitrogen and oxygen atoms in total. The van der Waals surface area contributed by atoms with Gasteiger partial charge in [-0.1, -0.05) is 49.7 Å². The fourth-order valence-electron chi connectivity index (χ4n) is 3.24. The molecule has 0 saturated heterocycles. The summed E-state index contributed by atoms with van der Waals surface area (Å²) in [5.74, 6) is 1.35. The lowest BCUT2D eigenvalue weighted by molar-refractivity contribution is -0.120. The van der Waals surface area contributed by atoms with E-state index in [1.807, 2.05) is 18.2 Å². The number of amides is 1. The molecule has 0 aliphatic heterocycles. The van der Waals surface area contributed by atoms with Gasteiger partial charge in [0.15, 0.2) is 0 Å². The monoisotopic (exact) mass is 437 g/mol. The molecule has 1 amide bonds. The molecule has 0 aliphatic carbocycles. The minimum Gasteiger partial charge on any atom is -0.356 e. The molecule has 7 heteroatoms. The summed E-state index contributed by atoms with van der Waals surface area (Å²) in [5, 5.41) is 3.88. The highest BCUT2D eigenvalue weighted by Crippen LogP contribution is 2.20. The van der Waals surface area contributed by atoms with Gasteiger partial charge in [-0.15, -0.1) is 0 Å². The van der Waals surface area contributed by atoms with Crippen molar-refractivity contribution < 1.29 is 4.79 Å². The van der Waals surface area contributed by atoms with Crippen LogP contribution < -0.4 is 10.2 Å². The first-order valence-electron chi connectivity index (χ1n) is 10.8. The van der Waals surface area contributed by atoms with Gasteiger partial charge in [-0.05, 0) is 30.5 Å². The van der Waals surface area contributed by atoms with Gasteiger partial charge in [0.1, 0.15) is 5.82 Å². The molecule has 3 aromatic rings. The number of hydrogen-bond donors (Lipinski definition) is 1. The molecule has 31 heavy (non-hydrogen) atoms. The van der Waals surface area contributed by atoms with Gasteiger partial charge in [0.05, 0.1) is 0 Å². The van der Waals surface area contributed by atoms with Crippen LogP contribution in [0.4, 0.5) is 5.13 Å². The van der Waals surface area contributed by atoms with Gasteiger partial charge >= 0.3 is 0 Å². The summed E-state index contributed by atoms with van der Waals surface area (Å²) in [6, 6.07) is 14.3. The molecule has 1 N–H and O–H groups in total. The Balaban J connectivity index is 1.52. The summed E-state index contributed by atoms with van der Waals surface area (Å²) < 4.78 is 4.55. The van der Waals surface area contributed by atoms with Crippen LogP contribution in [-0.2, 0) is 17.6 Å². The van der Waals surface area contributed by atoms with Crippen LogP contribution in [-0.4, -0.2) is 39.9 Å². The summed E-state index contributed by atoms with van der Waals surface area (Å²) in [6.07, 6.45) is 3.67. The predicted octanol–water partition coefficient (Wildman–Crippen LogP) is 4.04. The number of pyridine rings is 1. The van der Waals surface area contributed by atoms with Crippen LogP contribution in [0.5, 0.6) is 0 Å². The number of aryl methyl sites for hydroxylation is 1. The number of rotatable bonds is 11. The van der Waals surface area contributed by atoms with Crippen molar-refractivity contribution in [3.05, 3.63) is 71.3 Å². The molecular weight excluding hydrogens is 406 g/mol. The molecule has 0 radical (unpaired) electrons. The van der Waals surface area contributed by atoms with Crippen molar-refractivity contribution in [2.45, 2.75) is 40.0 Å². The van der Waals surface area contributed by atoms with E-state index in [-0.39, 0.29) is 5.91 Å². The molecule has 3 rings (SSSR count). The molecule has 0 aliphatic rings. The van der Waals surface area contributed by atoms with Crippen LogP contribution in [0.15, 0.2) is 48.7 Å². The quantitative estimate of drug-likeness (QED) is 0.490. The van der Waals surface area contributed by atoms with Gasteiger partial charge in [-0.25, -0.2) is 4.98 Å². The van der Waals surface area contributed by atoms with Crippen LogP contribution in [0.2, 0.25) is 0 Å². The van der Waals surface area contributed by atoms with Crippen molar-refractivity contribution in [1.82, 2.24) is 19.7 Å². The van der Waals surface area contributed by atoms with Crippen molar-refractivity contribution in [3.8, 4) is 0 Å². The van der Waals surface area contributed by atoms with Gasteiger partial charge in [0.2, 0.25) is 11.0 Å². The summed E-state index contributed by atoms with van der Waals surface area (Å²) in [4.78, 5) is 23.6. The van der Waals surface area contributed by atoms with E-state index in [1.54, 1.807) is 6.20 Å². The number of anilines is 1. The molecule has 0 unspecified atom stereocenters. The lowest BCUT2D eigenvalue weighted by Gasteiger charge is -2.23. The smallest absolute Gasteiger partial charge is 0.221 e. The summed E-state index contributed by atoms with van der Waals surface area (Å²) in [7, 11) is 0. The fraction of sp³-hybridized carbons (Fsp3) is 0.417. The van der Waals surface area contributed by atoms with Crippen molar-refractivity contribution in [2.24, 2.45) is 5.92 Å². The Morgan fingerprint density at radius 2 is 1.97 bits per heavy atom.